The van der Waals surface area contributed by atoms with Crippen molar-refractivity contribution >= 4 is 27.6 Å². The molecule has 0 aromatic carbocycles. The molecule has 2 aromatic rings. The molecular formula is C19H26N4O4S. The highest BCUT2D eigenvalue weighted by Gasteiger charge is 2.43. The van der Waals surface area contributed by atoms with Crippen molar-refractivity contribution < 1.29 is 9.53 Å². The van der Waals surface area contributed by atoms with Crippen LogP contribution in [0.5, 0.6) is 0 Å². The molecule has 0 bridgehead atoms. The largest absolute Gasteiger partial charge is 0.380 e. The molecule has 1 aliphatic heterocycles. The van der Waals surface area contributed by atoms with E-state index in [2.05, 4.69) is 5.32 Å². The SMILES string of the molecule is CCOCCn1c(=O)n(C2(C)CC2)c(=O)c2c(C)c(CN3CCNC3=O)sc21. The van der Waals surface area contributed by atoms with Crippen LogP contribution in [0, 0.1) is 6.92 Å². The van der Waals surface area contributed by atoms with Crippen LogP contribution in [0.25, 0.3) is 10.2 Å². The molecule has 0 radical (unpaired) electrons. The maximum absolute atomic E-state index is 13.3. The summed E-state index contributed by atoms with van der Waals surface area (Å²) < 4.78 is 8.59. The van der Waals surface area contributed by atoms with E-state index in [1.54, 1.807) is 9.47 Å². The second-order valence-electron chi connectivity index (χ2n) is 7.75. The Hall–Kier alpha value is -2.13. The number of aromatic nitrogens is 2. The molecule has 2 amide bonds. The number of ether oxygens (including phenoxy) is 1. The maximum Gasteiger partial charge on any atom is 0.332 e. The summed E-state index contributed by atoms with van der Waals surface area (Å²) in [6.45, 7) is 8.93. The van der Waals surface area contributed by atoms with Crippen LogP contribution in [0.1, 0.15) is 37.1 Å². The van der Waals surface area contributed by atoms with Crippen molar-refractivity contribution in [2.45, 2.75) is 52.2 Å². The molecule has 2 fully saturated rings. The van der Waals surface area contributed by atoms with Crippen LogP contribution in [0.15, 0.2) is 9.59 Å². The highest BCUT2D eigenvalue weighted by molar-refractivity contribution is 7.18. The molecule has 1 N–H and O–H groups in total. The number of aryl methyl sites for hydroxylation is 1. The number of hydrogen-bond acceptors (Lipinski definition) is 5. The molecule has 4 rings (SSSR count). The minimum Gasteiger partial charge on any atom is -0.380 e. The predicted octanol–water partition coefficient (Wildman–Crippen LogP) is 1.60. The molecule has 1 saturated carbocycles. The predicted molar refractivity (Wildman–Crippen MR) is 108 cm³/mol. The smallest absolute Gasteiger partial charge is 0.332 e. The van der Waals surface area contributed by atoms with E-state index in [1.807, 2.05) is 20.8 Å². The summed E-state index contributed by atoms with van der Waals surface area (Å²) in [7, 11) is 0. The maximum atomic E-state index is 13.3. The average molecular weight is 407 g/mol. The Morgan fingerprint density at radius 2 is 2.00 bits per heavy atom. The molecule has 152 valence electrons. The number of amides is 2. The first-order valence-electron chi connectivity index (χ1n) is 9.76. The van der Waals surface area contributed by atoms with Crippen molar-refractivity contribution in [1.29, 1.82) is 0 Å². The molecular weight excluding hydrogens is 380 g/mol. The number of urea groups is 1. The number of rotatable bonds is 7. The van der Waals surface area contributed by atoms with Crippen molar-refractivity contribution in [3.8, 4) is 0 Å². The van der Waals surface area contributed by atoms with E-state index in [-0.39, 0.29) is 22.8 Å². The number of hydrogen-bond donors (Lipinski definition) is 1. The second-order valence-corrected chi connectivity index (χ2v) is 8.84. The van der Waals surface area contributed by atoms with Gasteiger partial charge in [0.2, 0.25) is 0 Å². The van der Waals surface area contributed by atoms with Gasteiger partial charge in [-0.25, -0.2) is 9.59 Å². The van der Waals surface area contributed by atoms with Gasteiger partial charge in [-0.05, 0) is 39.2 Å². The fourth-order valence-electron chi connectivity index (χ4n) is 3.76. The zero-order chi connectivity index (χ0) is 20.1. The number of carbonyl (C=O) groups is 1. The summed E-state index contributed by atoms with van der Waals surface area (Å²) in [4.78, 5) is 41.8. The van der Waals surface area contributed by atoms with Crippen molar-refractivity contribution in [2.24, 2.45) is 0 Å². The molecule has 2 aliphatic rings. The third-order valence-electron chi connectivity index (χ3n) is 5.77. The minimum atomic E-state index is -0.390. The van der Waals surface area contributed by atoms with E-state index in [1.165, 1.54) is 15.9 Å². The zero-order valence-electron chi connectivity index (χ0n) is 16.5. The Kier molecular flexibility index (Phi) is 4.83. The summed E-state index contributed by atoms with van der Waals surface area (Å²) in [5.74, 6) is 0. The first kappa shape index (κ1) is 19.2. The van der Waals surface area contributed by atoms with Crippen LogP contribution >= 0.6 is 11.3 Å². The standard InChI is InChI=1S/C19H26N4O4S/c1-4-27-10-9-22-16-14(15(24)23(18(22)26)19(3)5-6-19)12(2)13(28-16)11-21-8-7-20-17(21)25/h4-11H2,1-3H3,(H,20,25). The van der Waals surface area contributed by atoms with Gasteiger partial charge in [-0.1, -0.05) is 0 Å². The molecule has 0 unspecified atom stereocenters. The van der Waals surface area contributed by atoms with E-state index in [0.717, 1.165) is 23.3 Å². The van der Waals surface area contributed by atoms with E-state index < -0.39 is 0 Å². The summed E-state index contributed by atoms with van der Waals surface area (Å²) in [5, 5.41) is 3.40. The molecule has 1 aliphatic carbocycles. The minimum absolute atomic E-state index is 0.0894. The Bertz CT molecular complexity index is 1050. The van der Waals surface area contributed by atoms with Crippen LogP contribution in [-0.4, -0.2) is 46.4 Å². The van der Waals surface area contributed by atoms with E-state index in [0.29, 0.717) is 49.6 Å². The Morgan fingerprint density at radius 1 is 1.25 bits per heavy atom. The van der Waals surface area contributed by atoms with E-state index >= 15 is 0 Å². The number of nitrogens with zero attached hydrogens (tertiary/aromatic N) is 3. The van der Waals surface area contributed by atoms with Crippen molar-refractivity contribution in [1.82, 2.24) is 19.4 Å². The Balaban J connectivity index is 1.87. The van der Waals surface area contributed by atoms with Crippen LogP contribution < -0.4 is 16.6 Å². The lowest BCUT2D eigenvalue weighted by atomic mass is 10.2. The monoisotopic (exact) mass is 406 g/mol. The van der Waals surface area contributed by atoms with Gasteiger partial charge in [0.25, 0.3) is 5.56 Å². The molecule has 0 spiro atoms. The molecule has 0 atom stereocenters. The van der Waals surface area contributed by atoms with Gasteiger partial charge in [-0.3, -0.25) is 13.9 Å². The molecule has 3 heterocycles. The average Bonchev–Trinajstić information content (AvgIpc) is 3.11. The third-order valence-corrected chi connectivity index (χ3v) is 7.07. The number of carbonyl (C=O) groups excluding carboxylic acids is 1. The topological polar surface area (TPSA) is 85.6 Å². The molecule has 2 aromatic heterocycles. The fourth-order valence-corrected chi connectivity index (χ4v) is 5.09. The first-order chi connectivity index (χ1) is 13.4. The van der Waals surface area contributed by atoms with Crippen LogP contribution in [-0.2, 0) is 23.4 Å². The van der Waals surface area contributed by atoms with Crippen molar-refractivity contribution in [3.05, 3.63) is 31.3 Å². The molecule has 1 saturated heterocycles. The summed E-state index contributed by atoms with van der Waals surface area (Å²) in [6, 6.07) is -0.0894. The second kappa shape index (κ2) is 7.04. The van der Waals surface area contributed by atoms with Gasteiger partial charge < -0.3 is 15.0 Å². The first-order valence-corrected chi connectivity index (χ1v) is 10.6. The molecule has 8 nitrogen and oxygen atoms in total. The van der Waals surface area contributed by atoms with Gasteiger partial charge >= 0.3 is 11.7 Å². The van der Waals surface area contributed by atoms with E-state index in [4.69, 9.17) is 4.74 Å². The third kappa shape index (κ3) is 3.06. The highest BCUT2D eigenvalue weighted by atomic mass is 32.1. The summed E-state index contributed by atoms with van der Waals surface area (Å²) in [6.07, 6.45) is 1.67. The fraction of sp³-hybridized carbons (Fsp3) is 0.632. The highest BCUT2D eigenvalue weighted by Crippen LogP contribution is 2.41. The zero-order valence-corrected chi connectivity index (χ0v) is 17.4. The number of fused-ring (bicyclic) bond motifs is 1. The van der Waals surface area contributed by atoms with Gasteiger partial charge in [-0.15, -0.1) is 11.3 Å². The summed E-state index contributed by atoms with van der Waals surface area (Å²) >= 11 is 1.44. The number of nitrogens with one attached hydrogen (secondary N) is 1. The van der Waals surface area contributed by atoms with Crippen molar-refractivity contribution in [2.75, 3.05) is 26.3 Å². The summed E-state index contributed by atoms with van der Waals surface area (Å²) in [5.41, 5.74) is 0.00865. The molecule has 9 heteroatoms. The lowest BCUT2D eigenvalue weighted by Crippen LogP contribution is -2.45. The normalized spacial score (nSPS) is 18.1. The van der Waals surface area contributed by atoms with Crippen LogP contribution in [0.4, 0.5) is 4.79 Å². The van der Waals surface area contributed by atoms with E-state index in [9.17, 15) is 14.4 Å². The van der Waals surface area contributed by atoms with Crippen LogP contribution in [0.2, 0.25) is 0 Å². The van der Waals surface area contributed by atoms with Gasteiger partial charge in [0.15, 0.2) is 0 Å². The quantitative estimate of drug-likeness (QED) is 0.708. The van der Waals surface area contributed by atoms with Gasteiger partial charge in [0.1, 0.15) is 4.83 Å². The van der Waals surface area contributed by atoms with Crippen molar-refractivity contribution in [3.63, 3.8) is 0 Å². The lowest BCUT2D eigenvalue weighted by molar-refractivity contribution is 0.138. The Labute approximate surface area is 166 Å². The van der Waals surface area contributed by atoms with Gasteiger partial charge in [-0.2, -0.15) is 0 Å². The number of thiophene rings is 1. The van der Waals surface area contributed by atoms with Gasteiger partial charge in [0, 0.05) is 24.6 Å². The lowest BCUT2D eigenvalue weighted by Gasteiger charge is -2.16. The van der Waals surface area contributed by atoms with Gasteiger partial charge in [0.05, 0.1) is 30.6 Å². The Morgan fingerprint density at radius 3 is 2.61 bits per heavy atom. The van der Waals surface area contributed by atoms with Crippen LogP contribution in [0.3, 0.4) is 0 Å². The molecule has 28 heavy (non-hydrogen) atoms.